The van der Waals surface area contributed by atoms with Crippen LogP contribution < -0.4 is 11.1 Å². The van der Waals surface area contributed by atoms with Gasteiger partial charge in [0.2, 0.25) is 0 Å². The largest absolute Gasteiger partial charge is 0.389 e. The first kappa shape index (κ1) is 14.4. The molecule has 0 aromatic carbocycles. The van der Waals surface area contributed by atoms with Crippen LogP contribution in [0.4, 0.5) is 11.6 Å². The third kappa shape index (κ3) is 2.77. The molecule has 20 heavy (non-hydrogen) atoms. The number of nitrogens with two attached hydrogens (primary N) is 1. The molecular formula is C13H18N6S. The van der Waals surface area contributed by atoms with Crippen molar-refractivity contribution in [3.63, 3.8) is 0 Å². The summed E-state index contributed by atoms with van der Waals surface area (Å²) in [5.74, 6) is 1.25. The maximum absolute atomic E-state index is 5.87. The second kappa shape index (κ2) is 5.96. The van der Waals surface area contributed by atoms with Gasteiger partial charge in [-0.15, -0.1) is 5.10 Å². The average Bonchev–Trinajstić information content (AvgIpc) is 2.83. The van der Waals surface area contributed by atoms with Gasteiger partial charge >= 0.3 is 0 Å². The van der Waals surface area contributed by atoms with Crippen LogP contribution in [-0.2, 0) is 19.9 Å². The van der Waals surface area contributed by atoms with Crippen LogP contribution in [0.5, 0.6) is 0 Å². The minimum absolute atomic E-state index is 0.324. The van der Waals surface area contributed by atoms with Crippen molar-refractivity contribution in [2.75, 3.05) is 5.32 Å². The second-order valence-electron chi connectivity index (χ2n) is 4.42. The van der Waals surface area contributed by atoms with Gasteiger partial charge in [-0.05, 0) is 18.4 Å². The van der Waals surface area contributed by atoms with E-state index in [-0.39, 0.29) is 0 Å². The van der Waals surface area contributed by atoms with Gasteiger partial charge < -0.3 is 11.1 Å². The van der Waals surface area contributed by atoms with Gasteiger partial charge in [0.1, 0.15) is 4.99 Å². The molecule has 0 fully saturated rings. The molecule has 6 nitrogen and oxygen atoms in total. The van der Waals surface area contributed by atoms with E-state index in [9.17, 15) is 0 Å². The summed E-state index contributed by atoms with van der Waals surface area (Å²) < 4.78 is 1.71. The molecule has 106 valence electrons. The standard InChI is InChI=1S/C13H18N6S/c1-4-8-9(5-2)16-17-13(11(8)12(14)20)15-10-6-7-19(3)18-10/h6-7H,4-5H2,1-3H3,(H2,14,20)(H,15,17,18). The number of nitrogens with one attached hydrogen (secondary N) is 1. The van der Waals surface area contributed by atoms with Crippen molar-refractivity contribution < 1.29 is 0 Å². The Labute approximate surface area is 123 Å². The Hall–Kier alpha value is -2.02. The molecule has 0 aliphatic heterocycles. The first-order valence-corrected chi connectivity index (χ1v) is 6.92. The highest BCUT2D eigenvalue weighted by atomic mass is 32.1. The van der Waals surface area contributed by atoms with Crippen LogP contribution in [0.15, 0.2) is 12.3 Å². The molecule has 0 aliphatic carbocycles. The fourth-order valence-electron chi connectivity index (χ4n) is 2.13. The fraction of sp³-hybridized carbons (Fsp3) is 0.385. The summed E-state index contributed by atoms with van der Waals surface area (Å²) in [6.07, 6.45) is 3.45. The molecule has 3 N–H and O–H groups in total. The summed E-state index contributed by atoms with van der Waals surface area (Å²) in [4.78, 5) is 0.324. The van der Waals surface area contributed by atoms with Crippen LogP contribution in [0.25, 0.3) is 0 Å². The van der Waals surface area contributed by atoms with Gasteiger partial charge in [0.25, 0.3) is 0 Å². The van der Waals surface area contributed by atoms with Crippen molar-refractivity contribution in [3.8, 4) is 0 Å². The number of thiocarbonyl (C=S) groups is 1. The quantitative estimate of drug-likeness (QED) is 0.816. The van der Waals surface area contributed by atoms with Crippen LogP contribution in [0.2, 0.25) is 0 Å². The normalized spacial score (nSPS) is 10.6. The molecular weight excluding hydrogens is 272 g/mol. The highest BCUT2D eigenvalue weighted by molar-refractivity contribution is 7.80. The molecule has 0 atom stereocenters. The number of rotatable bonds is 5. The van der Waals surface area contributed by atoms with E-state index in [2.05, 4.69) is 27.5 Å². The summed E-state index contributed by atoms with van der Waals surface area (Å²) in [7, 11) is 1.85. The van der Waals surface area contributed by atoms with Crippen molar-refractivity contribution in [3.05, 3.63) is 29.1 Å². The maximum atomic E-state index is 5.87. The van der Waals surface area contributed by atoms with E-state index in [0.717, 1.165) is 29.7 Å². The molecule has 0 spiro atoms. The third-order valence-corrected chi connectivity index (χ3v) is 3.26. The van der Waals surface area contributed by atoms with Gasteiger partial charge in [-0.2, -0.15) is 10.2 Å². The van der Waals surface area contributed by atoms with Crippen molar-refractivity contribution >= 4 is 28.8 Å². The molecule has 0 unspecified atom stereocenters. The zero-order valence-corrected chi connectivity index (χ0v) is 12.7. The lowest BCUT2D eigenvalue weighted by molar-refractivity contribution is 0.770. The molecule has 0 amide bonds. The van der Waals surface area contributed by atoms with E-state index in [1.165, 1.54) is 0 Å². The lowest BCUT2D eigenvalue weighted by atomic mass is 10.0. The Kier molecular flexibility index (Phi) is 4.29. The highest BCUT2D eigenvalue weighted by Gasteiger charge is 2.17. The molecule has 0 radical (unpaired) electrons. The van der Waals surface area contributed by atoms with E-state index in [0.29, 0.717) is 16.6 Å². The first-order valence-electron chi connectivity index (χ1n) is 6.51. The van der Waals surface area contributed by atoms with E-state index in [1.807, 2.05) is 26.2 Å². The molecule has 7 heteroatoms. The third-order valence-electron chi connectivity index (χ3n) is 3.05. The summed E-state index contributed by atoms with van der Waals surface area (Å²) in [6, 6.07) is 1.85. The van der Waals surface area contributed by atoms with E-state index < -0.39 is 0 Å². The molecule has 2 heterocycles. The van der Waals surface area contributed by atoms with Gasteiger partial charge in [-0.25, -0.2) is 0 Å². The molecule has 2 aromatic heterocycles. The Morgan fingerprint density at radius 2 is 2.10 bits per heavy atom. The fourth-order valence-corrected chi connectivity index (χ4v) is 2.35. The zero-order valence-electron chi connectivity index (χ0n) is 11.8. The summed E-state index contributed by atoms with van der Waals surface area (Å²) in [5, 5.41) is 15.8. The minimum Gasteiger partial charge on any atom is -0.389 e. The van der Waals surface area contributed by atoms with Crippen molar-refractivity contribution in [1.29, 1.82) is 0 Å². The van der Waals surface area contributed by atoms with E-state index in [1.54, 1.807) is 4.68 Å². The van der Waals surface area contributed by atoms with Crippen molar-refractivity contribution in [1.82, 2.24) is 20.0 Å². The average molecular weight is 290 g/mol. The molecule has 0 saturated carbocycles. The molecule has 2 aromatic rings. The van der Waals surface area contributed by atoms with Gasteiger partial charge in [0.15, 0.2) is 11.6 Å². The zero-order chi connectivity index (χ0) is 14.7. The number of aromatic nitrogens is 4. The van der Waals surface area contributed by atoms with Crippen LogP contribution in [0.3, 0.4) is 0 Å². The lowest BCUT2D eigenvalue weighted by Gasteiger charge is -2.14. The number of anilines is 2. The smallest absolute Gasteiger partial charge is 0.164 e. The minimum atomic E-state index is 0.324. The van der Waals surface area contributed by atoms with Crippen molar-refractivity contribution in [2.24, 2.45) is 12.8 Å². The predicted octanol–water partition coefficient (Wildman–Crippen LogP) is 1.71. The topological polar surface area (TPSA) is 81.7 Å². The van der Waals surface area contributed by atoms with Gasteiger partial charge in [-0.3, -0.25) is 4.68 Å². The number of nitrogens with zero attached hydrogens (tertiary/aromatic N) is 4. The molecule has 0 aliphatic rings. The van der Waals surface area contributed by atoms with Crippen LogP contribution >= 0.6 is 12.2 Å². The highest BCUT2D eigenvalue weighted by Crippen LogP contribution is 2.23. The SMILES string of the molecule is CCc1nnc(Nc2ccn(C)n2)c(C(N)=S)c1CC. The summed E-state index contributed by atoms with van der Waals surface area (Å²) in [6.45, 7) is 4.10. The lowest BCUT2D eigenvalue weighted by Crippen LogP contribution is -2.18. The van der Waals surface area contributed by atoms with Gasteiger partial charge in [0, 0.05) is 19.3 Å². The van der Waals surface area contributed by atoms with Gasteiger partial charge in [0.05, 0.1) is 11.3 Å². The monoisotopic (exact) mass is 290 g/mol. The molecule has 2 rings (SSSR count). The Bertz CT molecular complexity index is 634. The Morgan fingerprint density at radius 1 is 1.35 bits per heavy atom. The number of aryl methyl sites for hydroxylation is 2. The van der Waals surface area contributed by atoms with E-state index in [4.69, 9.17) is 18.0 Å². The number of hydrogen-bond donors (Lipinski definition) is 2. The van der Waals surface area contributed by atoms with Crippen LogP contribution in [-0.4, -0.2) is 25.0 Å². The second-order valence-corrected chi connectivity index (χ2v) is 4.86. The van der Waals surface area contributed by atoms with Crippen molar-refractivity contribution in [2.45, 2.75) is 26.7 Å². The number of hydrogen-bond acceptors (Lipinski definition) is 5. The maximum Gasteiger partial charge on any atom is 0.164 e. The van der Waals surface area contributed by atoms with Gasteiger partial charge in [-0.1, -0.05) is 26.1 Å². The predicted molar refractivity (Wildman–Crippen MR) is 83.2 cm³/mol. The van der Waals surface area contributed by atoms with Crippen LogP contribution in [0.1, 0.15) is 30.7 Å². The Morgan fingerprint density at radius 3 is 2.60 bits per heavy atom. The summed E-state index contributed by atoms with van der Waals surface area (Å²) in [5.41, 5.74) is 8.62. The van der Waals surface area contributed by atoms with Crippen LogP contribution in [0, 0.1) is 0 Å². The molecule has 0 bridgehead atoms. The Balaban J connectivity index is 2.49. The van der Waals surface area contributed by atoms with E-state index >= 15 is 0 Å². The first-order chi connectivity index (χ1) is 9.56. The summed E-state index contributed by atoms with van der Waals surface area (Å²) >= 11 is 5.18. The molecule has 0 saturated heterocycles.